The molecule has 6 atom stereocenters. The number of para-hydroxylation sites is 1. The summed E-state index contributed by atoms with van der Waals surface area (Å²) < 4.78 is 37.1. The largest absolute Gasteiger partial charge is 0.463 e. The number of aromatic nitrogens is 2. The van der Waals surface area contributed by atoms with Crippen molar-refractivity contribution in [2.45, 2.75) is 57.8 Å². The second-order valence-corrected chi connectivity index (χ2v) is 11.4. The highest BCUT2D eigenvalue weighted by molar-refractivity contribution is 7.54. The van der Waals surface area contributed by atoms with Gasteiger partial charge in [0.2, 0.25) is 0 Å². The van der Waals surface area contributed by atoms with E-state index in [-0.39, 0.29) is 23.8 Å². The Morgan fingerprint density at radius 3 is 2.55 bits per heavy atom. The summed E-state index contributed by atoms with van der Waals surface area (Å²) in [5.74, 6) is -1.02. The van der Waals surface area contributed by atoms with Crippen LogP contribution in [0, 0.1) is 5.92 Å². The van der Waals surface area contributed by atoms with E-state index < -0.39 is 55.8 Å². The van der Waals surface area contributed by atoms with Crippen LogP contribution in [-0.4, -0.2) is 69.5 Å². The number of benzene rings is 1. The molecule has 0 aliphatic carbocycles. The van der Waals surface area contributed by atoms with Crippen molar-refractivity contribution in [2.24, 2.45) is 5.92 Å². The lowest BCUT2D eigenvalue weighted by Crippen LogP contribution is -2.46. The molecule has 210 valence electrons. The van der Waals surface area contributed by atoms with Crippen LogP contribution >= 0.6 is 7.60 Å². The Labute approximate surface area is 220 Å². The number of ether oxygens (including phenoxy) is 2. The molecule has 2 unspecified atom stereocenters. The molecule has 1 aliphatic heterocycles. The standard InChI is InChI=1S/C24H34N3O10P/c1-15(2)35-21(29)16(3)14-38(32,37-17-9-7-6-8-10-17)34-13-18-20(28)24(4,31)22(36-18)27-12-11-19(26-33-5)25-23(27)30/h6-12,15-16,18,20,22,28,31H,13-14H2,1-5H3,(H,25,26,30)/t16-,18-,20+,22-,24?,38?/m1/s1. The molecule has 38 heavy (non-hydrogen) atoms. The Balaban J connectivity index is 1.79. The van der Waals surface area contributed by atoms with E-state index in [9.17, 15) is 24.4 Å². The molecule has 3 N–H and O–H groups in total. The highest BCUT2D eigenvalue weighted by Gasteiger charge is 2.54. The third kappa shape index (κ3) is 7.19. The molecule has 3 rings (SSSR count). The third-order valence-electron chi connectivity index (χ3n) is 5.72. The molecule has 1 saturated heterocycles. The Hall–Kier alpha value is -2.80. The first-order valence-electron chi connectivity index (χ1n) is 12.0. The number of anilines is 1. The molecule has 1 fully saturated rings. The highest BCUT2D eigenvalue weighted by atomic mass is 31.2. The van der Waals surface area contributed by atoms with Gasteiger partial charge in [0.15, 0.2) is 12.0 Å². The molecule has 14 heteroatoms. The molecular formula is C24H34N3O10P. The summed E-state index contributed by atoms with van der Waals surface area (Å²) in [6.45, 7) is 5.75. The first-order valence-corrected chi connectivity index (χ1v) is 13.7. The van der Waals surface area contributed by atoms with Crippen LogP contribution in [0.2, 0.25) is 0 Å². The summed E-state index contributed by atoms with van der Waals surface area (Å²) in [5, 5.41) is 21.8. The molecule has 0 bridgehead atoms. The number of esters is 1. The first kappa shape index (κ1) is 29.8. The van der Waals surface area contributed by atoms with Crippen LogP contribution in [-0.2, 0) is 28.2 Å². The van der Waals surface area contributed by atoms with Crippen LogP contribution in [0.15, 0.2) is 47.4 Å². The van der Waals surface area contributed by atoms with E-state index in [0.29, 0.717) is 0 Å². The molecule has 13 nitrogen and oxygen atoms in total. The number of aliphatic hydroxyl groups is 2. The Bertz CT molecular complexity index is 1190. The van der Waals surface area contributed by atoms with Gasteiger partial charge in [0, 0.05) is 6.20 Å². The maximum atomic E-state index is 13.8. The van der Waals surface area contributed by atoms with Crippen molar-refractivity contribution in [3.05, 3.63) is 53.1 Å². The monoisotopic (exact) mass is 555 g/mol. The summed E-state index contributed by atoms with van der Waals surface area (Å²) >= 11 is 0. The zero-order valence-electron chi connectivity index (χ0n) is 21.8. The van der Waals surface area contributed by atoms with Crippen molar-refractivity contribution in [1.29, 1.82) is 0 Å². The lowest BCUT2D eigenvalue weighted by Gasteiger charge is -2.27. The van der Waals surface area contributed by atoms with Crippen LogP contribution in [0.1, 0.15) is 33.9 Å². The summed E-state index contributed by atoms with van der Waals surface area (Å²) in [6.07, 6.45) is -3.44. The summed E-state index contributed by atoms with van der Waals surface area (Å²) in [4.78, 5) is 33.4. The minimum absolute atomic E-state index is 0.135. The van der Waals surface area contributed by atoms with E-state index >= 15 is 0 Å². The van der Waals surface area contributed by atoms with Crippen LogP contribution in [0.3, 0.4) is 0 Å². The quantitative estimate of drug-likeness (QED) is 0.198. The van der Waals surface area contributed by atoms with E-state index in [1.165, 1.54) is 26.3 Å². The minimum Gasteiger partial charge on any atom is -0.463 e. The SMILES string of the molecule is CONc1ccn([C@@H]2O[C@H](COP(=O)(C[C@@H](C)C(=O)OC(C)C)Oc3ccccc3)[C@H](O)C2(C)O)c(=O)n1. The van der Waals surface area contributed by atoms with Crippen LogP contribution in [0.5, 0.6) is 5.75 Å². The van der Waals surface area contributed by atoms with Gasteiger partial charge in [0.1, 0.15) is 23.6 Å². The Morgan fingerprint density at radius 1 is 1.26 bits per heavy atom. The highest BCUT2D eigenvalue weighted by Crippen LogP contribution is 2.51. The maximum Gasteiger partial charge on any atom is 0.380 e. The number of hydrogen-bond acceptors (Lipinski definition) is 12. The molecule has 2 heterocycles. The zero-order chi connectivity index (χ0) is 28.1. The molecule has 2 aromatic rings. The fraction of sp³-hybridized carbons (Fsp3) is 0.542. The van der Waals surface area contributed by atoms with Crippen LogP contribution in [0.25, 0.3) is 0 Å². The smallest absolute Gasteiger partial charge is 0.380 e. The summed E-state index contributed by atoms with van der Waals surface area (Å²) in [5.41, 5.74) is -0.292. The average molecular weight is 556 g/mol. The van der Waals surface area contributed by atoms with E-state index in [0.717, 1.165) is 4.57 Å². The molecule has 0 radical (unpaired) electrons. The number of nitrogens with one attached hydrogen (secondary N) is 1. The molecule has 0 spiro atoms. The number of aliphatic hydroxyl groups excluding tert-OH is 1. The number of carbonyl (C=O) groups excluding carboxylic acids is 1. The van der Waals surface area contributed by atoms with Crippen molar-refractivity contribution in [1.82, 2.24) is 9.55 Å². The number of hydrogen-bond donors (Lipinski definition) is 3. The van der Waals surface area contributed by atoms with E-state index in [2.05, 4.69) is 10.5 Å². The van der Waals surface area contributed by atoms with Crippen molar-refractivity contribution in [2.75, 3.05) is 25.4 Å². The normalized spacial score (nSPS) is 25.5. The second-order valence-electron chi connectivity index (χ2n) is 9.39. The van der Waals surface area contributed by atoms with Crippen molar-refractivity contribution in [3.8, 4) is 5.75 Å². The lowest BCUT2D eigenvalue weighted by atomic mass is 9.96. The topological polar surface area (TPSA) is 168 Å². The van der Waals surface area contributed by atoms with Crippen LogP contribution < -0.4 is 15.7 Å². The molecule has 0 amide bonds. The minimum atomic E-state index is -4.01. The van der Waals surface area contributed by atoms with Crippen molar-refractivity contribution in [3.63, 3.8) is 0 Å². The Morgan fingerprint density at radius 2 is 1.95 bits per heavy atom. The van der Waals surface area contributed by atoms with Crippen LogP contribution in [0.4, 0.5) is 5.82 Å². The van der Waals surface area contributed by atoms with Gasteiger partial charge >= 0.3 is 19.3 Å². The number of carbonyl (C=O) groups is 1. The van der Waals surface area contributed by atoms with E-state index in [1.54, 1.807) is 51.1 Å². The van der Waals surface area contributed by atoms with Crippen molar-refractivity contribution < 1.29 is 42.9 Å². The molecular weight excluding hydrogens is 521 g/mol. The predicted molar refractivity (Wildman–Crippen MR) is 136 cm³/mol. The van der Waals surface area contributed by atoms with Crippen molar-refractivity contribution >= 4 is 19.4 Å². The van der Waals surface area contributed by atoms with Gasteiger partial charge in [-0.05, 0) is 39.0 Å². The second kappa shape index (κ2) is 12.4. The predicted octanol–water partition coefficient (Wildman–Crippen LogP) is 2.10. The van der Waals surface area contributed by atoms with Gasteiger partial charge < -0.3 is 24.2 Å². The third-order valence-corrected chi connectivity index (χ3v) is 7.75. The Kier molecular flexibility index (Phi) is 9.69. The van der Waals surface area contributed by atoms with Gasteiger partial charge in [-0.3, -0.25) is 18.7 Å². The molecule has 1 aromatic carbocycles. The average Bonchev–Trinajstić information content (AvgIpc) is 3.06. The zero-order valence-corrected chi connectivity index (χ0v) is 22.7. The fourth-order valence-corrected chi connectivity index (χ4v) is 5.70. The summed E-state index contributed by atoms with van der Waals surface area (Å²) in [7, 11) is -2.65. The maximum absolute atomic E-state index is 13.8. The van der Waals surface area contributed by atoms with Gasteiger partial charge in [-0.15, -0.1) is 0 Å². The van der Waals surface area contributed by atoms with Gasteiger partial charge in [0.05, 0.1) is 31.9 Å². The summed E-state index contributed by atoms with van der Waals surface area (Å²) in [6, 6.07) is 9.69. The first-order chi connectivity index (χ1) is 17.9. The van der Waals surface area contributed by atoms with Gasteiger partial charge in [-0.25, -0.2) is 14.8 Å². The lowest BCUT2D eigenvalue weighted by molar-refractivity contribution is -0.151. The molecule has 1 aliphatic rings. The van der Waals surface area contributed by atoms with E-state index in [4.69, 9.17) is 23.4 Å². The number of nitrogens with zero attached hydrogens (tertiary/aromatic N) is 2. The fourth-order valence-electron chi connectivity index (χ4n) is 3.83. The number of rotatable bonds is 12. The van der Waals surface area contributed by atoms with Gasteiger partial charge in [0.25, 0.3) is 0 Å². The van der Waals surface area contributed by atoms with E-state index in [1.807, 2.05) is 0 Å². The van der Waals surface area contributed by atoms with Gasteiger partial charge in [-0.1, -0.05) is 25.1 Å². The molecule has 1 aromatic heterocycles. The van der Waals surface area contributed by atoms with Gasteiger partial charge in [-0.2, -0.15) is 4.98 Å². The molecule has 0 saturated carbocycles.